The van der Waals surface area contributed by atoms with Crippen LogP contribution in [0.25, 0.3) is 22.3 Å². The Balaban J connectivity index is 1.29. The van der Waals surface area contributed by atoms with Gasteiger partial charge in [-0.3, -0.25) is 4.79 Å². The van der Waals surface area contributed by atoms with E-state index in [-0.39, 0.29) is 24.4 Å². The summed E-state index contributed by atoms with van der Waals surface area (Å²) in [4.78, 5) is 11.9. The Hall–Kier alpha value is -2.75. The number of piperidine rings is 1. The maximum Gasteiger partial charge on any atom is 0.311 e. The third-order valence-electron chi connectivity index (χ3n) is 6.73. The van der Waals surface area contributed by atoms with E-state index in [2.05, 4.69) is 5.32 Å². The number of hydrogen-bond acceptors (Lipinski definition) is 6. The molecule has 1 N–H and O–H groups in total. The van der Waals surface area contributed by atoms with E-state index in [0.717, 1.165) is 23.8 Å². The van der Waals surface area contributed by atoms with E-state index >= 15 is 0 Å². The van der Waals surface area contributed by atoms with Gasteiger partial charge in [-0.15, -0.1) is 0 Å². The molecule has 7 nitrogen and oxygen atoms in total. The number of carbonyl (C=O) groups is 1. The molecule has 9 heteroatoms. The minimum atomic E-state index is -3.16. The molecule has 0 aliphatic carbocycles. The van der Waals surface area contributed by atoms with E-state index in [4.69, 9.17) is 9.15 Å². The molecule has 3 heterocycles. The summed E-state index contributed by atoms with van der Waals surface area (Å²) in [5.74, 6) is -0.114. The third kappa shape index (κ3) is 4.73. The molecule has 0 bridgehead atoms. The number of hydrogen-bond donors (Lipinski definition) is 1. The number of ether oxygens (including phenoxy) is 1. The second kappa shape index (κ2) is 9.13. The first kappa shape index (κ1) is 23.0. The Morgan fingerprint density at radius 1 is 1.15 bits per heavy atom. The summed E-state index contributed by atoms with van der Waals surface area (Å²) in [6, 6.07) is 12.5. The summed E-state index contributed by atoms with van der Waals surface area (Å²) in [5, 5.41) is 3.90. The number of nitrogens with one attached hydrogen (secondary N) is 1. The summed E-state index contributed by atoms with van der Waals surface area (Å²) in [6.45, 7) is 2.32. The van der Waals surface area contributed by atoms with Gasteiger partial charge in [0.1, 0.15) is 23.8 Å². The van der Waals surface area contributed by atoms with Crippen LogP contribution in [0.2, 0.25) is 0 Å². The molecule has 1 aromatic heterocycles. The number of rotatable bonds is 6. The van der Waals surface area contributed by atoms with Crippen LogP contribution in [0.15, 0.2) is 46.9 Å². The molecule has 2 aliphatic rings. The van der Waals surface area contributed by atoms with Gasteiger partial charge in [0.05, 0.1) is 17.7 Å². The lowest BCUT2D eigenvalue weighted by atomic mass is 9.90. The Labute approximate surface area is 197 Å². The van der Waals surface area contributed by atoms with Crippen molar-refractivity contribution in [2.24, 2.45) is 5.92 Å². The molecule has 2 aliphatic heterocycles. The van der Waals surface area contributed by atoms with Gasteiger partial charge in [0, 0.05) is 31.6 Å². The van der Waals surface area contributed by atoms with Crippen molar-refractivity contribution in [1.29, 1.82) is 0 Å². The average Bonchev–Trinajstić information content (AvgIpc) is 3.19. The first-order chi connectivity index (χ1) is 16.3. The quantitative estimate of drug-likeness (QED) is 0.535. The standard InChI is InChI=1S/C25H27FN2O5S/c1-34(30,31)28-8-6-17(7-9-28)18-3-5-23-19(11-18)12-24(33-23)21-4-2-16(10-22(21)26)15-32-25(29)20-13-27-14-20/h2-5,10-12,17,20,27H,6-9,13-15H2,1H3. The molecule has 2 aromatic carbocycles. The van der Waals surface area contributed by atoms with Crippen molar-refractivity contribution in [3.8, 4) is 11.3 Å². The van der Waals surface area contributed by atoms with Crippen LogP contribution in [0.3, 0.4) is 0 Å². The van der Waals surface area contributed by atoms with Gasteiger partial charge in [-0.1, -0.05) is 12.1 Å². The number of sulfonamides is 1. The highest BCUT2D eigenvalue weighted by Crippen LogP contribution is 2.34. The van der Waals surface area contributed by atoms with Gasteiger partial charge in [0.2, 0.25) is 10.0 Å². The highest BCUT2D eigenvalue weighted by atomic mass is 32.2. The summed E-state index contributed by atoms with van der Waals surface area (Å²) in [6.07, 6.45) is 2.78. The second-order valence-electron chi connectivity index (χ2n) is 9.12. The van der Waals surface area contributed by atoms with E-state index in [1.165, 1.54) is 16.6 Å². The molecule has 2 fully saturated rings. The Morgan fingerprint density at radius 2 is 1.91 bits per heavy atom. The highest BCUT2D eigenvalue weighted by Gasteiger charge is 2.27. The molecule has 3 aromatic rings. The van der Waals surface area contributed by atoms with Gasteiger partial charge in [0.25, 0.3) is 0 Å². The average molecular weight is 487 g/mol. The van der Waals surface area contributed by atoms with Crippen molar-refractivity contribution in [1.82, 2.24) is 9.62 Å². The molecular formula is C25H27FN2O5S. The van der Waals surface area contributed by atoms with Crippen molar-refractivity contribution >= 4 is 27.0 Å². The topological polar surface area (TPSA) is 88.8 Å². The fraction of sp³-hybridized carbons (Fsp3) is 0.400. The van der Waals surface area contributed by atoms with Gasteiger partial charge >= 0.3 is 5.97 Å². The maximum atomic E-state index is 14.9. The molecule has 180 valence electrons. The number of nitrogens with zero attached hydrogens (tertiary/aromatic N) is 1. The number of fused-ring (bicyclic) bond motifs is 1. The highest BCUT2D eigenvalue weighted by molar-refractivity contribution is 7.88. The predicted octanol–water partition coefficient (Wildman–Crippen LogP) is 3.64. The van der Waals surface area contributed by atoms with E-state index < -0.39 is 15.8 Å². The van der Waals surface area contributed by atoms with Crippen LogP contribution in [-0.2, 0) is 26.2 Å². The zero-order valence-corrected chi connectivity index (χ0v) is 19.7. The Kier molecular flexibility index (Phi) is 6.18. The van der Waals surface area contributed by atoms with Gasteiger partial charge in [-0.2, -0.15) is 0 Å². The van der Waals surface area contributed by atoms with Crippen molar-refractivity contribution < 1.29 is 26.8 Å². The number of carbonyl (C=O) groups excluding carboxylic acids is 1. The van der Waals surface area contributed by atoms with Crippen LogP contribution < -0.4 is 5.32 Å². The zero-order chi connectivity index (χ0) is 23.9. The number of benzene rings is 2. The second-order valence-corrected chi connectivity index (χ2v) is 11.1. The van der Waals surface area contributed by atoms with Gasteiger partial charge in [0.15, 0.2) is 0 Å². The summed E-state index contributed by atoms with van der Waals surface area (Å²) < 4.78 is 51.1. The van der Waals surface area contributed by atoms with Crippen LogP contribution >= 0.6 is 0 Å². The molecule has 0 unspecified atom stereocenters. The van der Waals surface area contributed by atoms with E-state index in [0.29, 0.717) is 48.6 Å². The molecule has 0 amide bonds. The minimum absolute atomic E-state index is 0.0359. The van der Waals surface area contributed by atoms with Crippen molar-refractivity contribution in [2.45, 2.75) is 25.4 Å². The first-order valence-electron chi connectivity index (χ1n) is 11.4. The van der Waals surface area contributed by atoms with Crippen molar-refractivity contribution in [2.75, 3.05) is 32.4 Å². The monoisotopic (exact) mass is 486 g/mol. The van der Waals surface area contributed by atoms with Gasteiger partial charge in [-0.25, -0.2) is 17.1 Å². The zero-order valence-electron chi connectivity index (χ0n) is 18.9. The first-order valence-corrected chi connectivity index (χ1v) is 13.3. The minimum Gasteiger partial charge on any atom is -0.461 e. The van der Waals surface area contributed by atoms with E-state index in [1.807, 2.05) is 24.3 Å². The maximum absolute atomic E-state index is 14.9. The van der Waals surface area contributed by atoms with Crippen LogP contribution in [-0.4, -0.2) is 51.1 Å². The van der Waals surface area contributed by atoms with E-state index in [9.17, 15) is 17.6 Å². The molecule has 2 saturated heterocycles. The molecule has 34 heavy (non-hydrogen) atoms. The molecule has 5 rings (SSSR count). The summed E-state index contributed by atoms with van der Waals surface area (Å²) >= 11 is 0. The SMILES string of the molecule is CS(=O)(=O)N1CCC(c2ccc3oc(-c4ccc(COC(=O)C5CNC5)cc4F)cc3c2)CC1. The van der Waals surface area contributed by atoms with Crippen LogP contribution in [0.4, 0.5) is 4.39 Å². The van der Waals surface area contributed by atoms with Gasteiger partial charge < -0.3 is 14.5 Å². The lowest BCUT2D eigenvalue weighted by molar-refractivity contribution is -0.151. The fourth-order valence-electron chi connectivity index (χ4n) is 4.55. The molecule has 0 radical (unpaired) electrons. The molecule has 0 atom stereocenters. The normalized spacial score (nSPS) is 18.2. The molecular weight excluding hydrogens is 459 g/mol. The van der Waals surface area contributed by atoms with E-state index in [1.54, 1.807) is 12.1 Å². The van der Waals surface area contributed by atoms with Crippen LogP contribution in [0.1, 0.15) is 29.9 Å². The predicted molar refractivity (Wildman–Crippen MR) is 126 cm³/mol. The van der Waals surface area contributed by atoms with Crippen molar-refractivity contribution in [3.05, 3.63) is 59.4 Å². The number of esters is 1. The summed E-state index contributed by atoms with van der Waals surface area (Å²) in [5.41, 5.74) is 2.73. The largest absolute Gasteiger partial charge is 0.461 e. The van der Waals surface area contributed by atoms with Gasteiger partial charge in [-0.05, 0) is 60.2 Å². The number of furan rings is 1. The van der Waals surface area contributed by atoms with Crippen molar-refractivity contribution in [3.63, 3.8) is 0 Å². The smallest absolute Gasteiger partial charge is 0.311 e. The number of halogens is 1. The molecule has 0 spiro atoms. The van der Waals surface area contributed by atoms with Crippen LogP contribution in [0, 0.1) is 11.7 Å². The summed E-state index contributed by atoms with van der Waals surface area (Å²) in [7, 11) is -3.16. The Bertz CT molecular complexity index is 1320. The fourth-order valence-corrected chi connectivity index (χ4v) is 5.42. The Morgan fingerprint density at radius 3 is 2.56 bits per heavy atom. The molecule has 0 saturated carbocycles. The third-order valence-corrected chi connectivity index (χ3v) is 8.03. The van der Waals surface area contributed by atoms with Crippen LogP contribution in [0.5, 0.6) is 0 Å². The lowest BCUT2D eigenvalue weighted by Gasteiger charge is -2.30. The lowest BCUT2D eigenvalue weighted by Crippen LogP contribution is -2.47.